The summed E-state index contributed by atoms with van der Waals surface area (Å²) < 4.78 is 9.74. The van der Waals surface area contributed by atoms with Gasteiger partial charge in [-0.1, -0.05) is 34.4 Å². The maximum atomic E-state index is 11.8. The highest BCUT2D eigenvalue weighted by atomic mass is 16.6. The number of hydrogen-bond donors (Lipinski definition) is 2. The van der Waals surface area contributed by atoms with Gasteiger partial charge in [-0.25, -0.2) is 0 Å². The van der Waals surface area contributed by atoms with E-state index >= 15 is 0 Å². The summed E-state index contributed by atoms with van der Waals surface area (Å²) >= 11 is 0. The minimum Gasteiger partial charge on any atom is -0.432 e. The molecule has 2 unspecified atom stereocenters. The molecule has 0 spiro atoms. The van der Waals surface area contributed by atoms with E-state index in [2.05, 4.69) is 12.2 Å². The van der Waals surface area contributed by atoms with Crippen LogP contribution in [0, 0.1) is 0 Å². The number of ether oxygens (including phenoxy) is 2. The fraction of sp³-hybridized carbons (Fsp3) is 0.583. The lowest BCUT2D eigenvalue weighted by Gasteiger charge is -2.11. The second-order valence-electron chi connectivity index (χ2n) is 7.93. The Bertz CT molecular complexity index is 603. The predicted octanol–water partition coefficient (Wildman–Crippen LogP) is 4.88. The van der Waals surface area contributed by atoms with E-state index in [9.17, 15) is 19.8 Å². The summed E-state index contributed by atoms with van der Waals surface area (Å²) in [6.07, 6.45) is 7.16. The summed E-state index contributed by atoms with van der Waals surface area (Å²) in [5, 5.41) is 19.6. The number of hydrogen-bond acceptors (Lipinski definition) is 6. The Kier molecular flexibility index (Phi) is 14.5. The molecule has 2 atom stereocenters. The Morgan fingerprint density at radius 1 is 0.667 bits per heavy atom. The van der Waals surface area contributed by atoms with Crippen molar-refractivity contribution in [1.29, 1.82) is 0 Å². The molecule has 0 rings (SSSR count). The highest BCUT2D eigenvalue weighted by Crippen LogP contribution is 2.11. The van der Waals surface area contributed by atoms with Crippen molar-refractivity contribution >= 4 is 11.9 Å². The third-order valence-corrected chi connectivity index (χ3v) is 4.07. The minimum atomic E-state index is -1.35. The van der Waals surface area contributed by atoms with E-state index in [1.54, 1.807) is 0 Å². The predicted molar refractivity (Wildman–Crippen MR) is 118 cm³/mol. The van der Waals surface area contributed by atoms with Crippen LogP contribution in [0.15, 0.2) is 46.6 Å². The quantitative estimate of drug-likeness (QED) is 0.250. The lowest BCUT2D eigenvalue weighted by Crippen LogP contribution is -2.19. The largest absolute Gasteiger partial charge is 0.432 e. The first-order chi connectivity index (χ1) is 14.0. The standard InChI is InChI=1S/C24H38O6/c1-17(2)9-7-11-19(5)15-23(27)29-21(25)13-14-22(26)30-24(28)16-20(6)12-8-10-18(3)4/h9-10,15-16,23-24,27-28H,7-8,11-14H2,1-6H3/b19-15+,20-16+. The van der Waals surface area contributed by atoms with Crippen LogP contribution in [0.5, 0.6) is 0 Å². The fourth-order valence-corrected chi connectivity index (χ4v) is 2.49. The molecular formula is C24H38O6. The number of rotatable bonds is 13. The second kappa shape index (κ2) is 15.6. The van der Waals surface area contributed by atoms with Crippen LogP contribution in [0.3, 0.4) is 0 Å². The average Bonchev–Trinajstić information content (AvgIpc) is 2.58. The van der Waals surface area contributed by atoms with Crippen molar-refractivity contribution in [3.8, 4) is 0 Å². The molecule has 0 aliphatic heterocycles. The number of aliphatic hydroxyl groups is 2. The van der Waals surface area contributed by atoms with Crippen LogP contribution in [0.4, 0.5) is 0 Å². The monoisotopic (exact) mass is 422 g/mol. The van der Waals surface area contributed by atoms with Gasteiger partial charge < -0.3 is 19.7 Å². The van der Waals surface area contributed by atoms with Crippen LogP contribution in [0.1, 0.15) is 80.1 Å². The van der Waals surface area contributed by atoms with Gasteiger partial charge in [-0.05, 0) is 79.4 Å². The van der Waals surface area contributed by atoms with Gasteiger partial charge in [0.15, 0.2) is 0 Å². The molecular weight excluding hydrogens is 384 g/mol. The van der Waals surface area contributed by atoms with Gasteiger partial charge in [-0.2, -0.15) is 0 Å². The van der Waals surface area contributed by atoms with E-state index in [4.69, 9.17) is 9.47 Å². The molecule has 0 aromatic rings. The first-order valence-electron chi connectivity index (χ1n) is 10.4. The molecule has 0 bridgehead atoms. The molecule has 6 nitrogen and oxygen atoms in total. The smallest absolute Gasteiger partial charge is 0.308 e. The lowest BCUT2D eigenvalue weighted by atomic mass is 10.1. The number of allylic oxidation sites excluding steroid dienone is 6. The third kappa shape index (κ3) is 16.7. The SMILES string of the molecule is CC(C)=CCC/C(C)=C/C(O)OC(=O)CCC(=O)OC(O)/C=C(\C)CCC=C(C)C. The molecule has 0 fully saturated rings. The Balaban J connectivity index is 4.26. The van der Waals surface area contributed by atoms with Crippen molar-refractivity contribution in [1.82, 2.24) is 0 Å². The molecule has 0 saturated heterocycles. The Labute approximate surface area is 181 Å². The van der Waals surface area contributed by atoms with Crippen molar-refractivity contribution in [3.63, 3.8) is 0 Å². The van der Waals surface area contributed by atoms with Crippen molar-refractivity contribution in [2.45, 2.75) is 92.6 Å². The van der Waals surface area contributed by atoms with Gasteiger partial charge in [0.05, 0.1) is 12.8 Å². The molecule has 0 radical (unpaired) electrons. The Hall–Kier alpha value is -2.18. The molecule has 0 aliphatic rings. The summed E-state index contributed by atoms with van der Waals surface area (Å²) in [4.78, 5) is 23.5. The van der Waals surface area contributed by atoms with Crippen LogP contribution in [-0.4, -0.2) is 34.7 Å². The van der Waals surface area contributed by atoms with E-state index in [1.165, 1.54) is 23.3 Å². The first kappa shape index (κ1) is 27.8. The average molecular weight is 423 g/mol. The number of carbonyl (C=O) groups excluding carboxylic acids is 2. The third-order valence-electron chi connectivity index (χ3n) is 4.07. The fourth-order valence-electron chi connectivity index (χ4n) is 2.49. The summed E-state index contributed by atoms with van der Waals surface area (Å²) in [7, 11) is 0. The van der Waals surface area contributed by atoms with E-state index in [0.29, 0.717) is 0 Å². The van der Waals surface area contributed by atoms with E-state index in [1.807, 2.05) is 41.5 Å². The molecule has 0 heterocycles. The highest BCUT2D eigenvalue weighted by Gasteiger charge is 2.14. The van der Waals surface area contributed by atoms with Gasteiger partial charge in [0, 0.05) is 0 Å². The van der Waals surface area contributed by atoms with Gasteiger partial charge in [0.1, 0.15) is 0 Å². The van der Waals surface area contributed by atoms with E-state index in [0.717, 1.165) is 36.8 Å². The van der Waals surface area contributed by atoms with Gasteiger partial charge in [-0.15, -0.1) is 0 Å². The maximum absolute atomic E-state index is 11.8. The first-order valence-corrected chi connectivity index (χ1v) is 10.4. The molecule has 0 saturated carbocycles. The molecule has 0 aliphatic carbocycles. The zero-order chi connectivity index (χ0) is 23.1. The van der Waals surface area contributed by atoms with Gasteiger partial charge >= 0.3 is 11.9 Å². The van der Waals surface area contributed by atoms with Crippen molar-refractivity contribution in [3.05, 3.63) is 46.6 Å². The molecule has 170 valence electrons. The Morgan fingerprint density at radius 2 is 1.00 bits per heavy atom. The molecule has 0 aromatic heterocycles. The summed E-state index contributed by atoms with van der Waals surface area (Å²) in [5.74, 6) is -1.42. The van der Waals surface area contributed by atoms with Crippen LogP contribution in [-0.2, 0) is 19.1 Å². The summed E-state index contributed by atoms with van der Waals surface area (Å²) in [6.45, 7) is 11.8. The van der Waals surface area contributed by atoms with Crippen LogP contribution >= 0.6 is 0 Å². The normalized spacial score (nSPS) is 13.9. The number of carbonyl (C=O) groups is 2. The van der Waals surface area contributed by atoms with E-state index in [-0.39, 0.29) is 12.8 Å². The van der Waals surface area contributed by atoms with Crippen LogP contribution < -0.4 is 0 Å². The maximum Gasteiger partial charge on any atom is 0.308 e. The molecule has 2 N–H and O–H groups in total. The highest BCUT2D eigenvalue weighted by molar-refractivity contribution is 5.77. The van der Waals surface area contributed by atoms with Crippen LogP contribution in [0.25, 0.3) is 0 Å². The van der Waals surface area contributed by atoms with Crippen molar-refractivity contribution in [2.24, 2.45) is 0 Å². The van der Waals surface area contributed by atoms with Crippen LogP contribution in [0.2, 0.25) is 0 Å². The van der Waals surface area contributed by atoms with Crippen molar-refractivity contribution in [2.75, 3.05) is 0 Å². The molecule has 30 heavy (non-hydrogen) atoms. The molecule has 0 aromatic carbocycles. The van der Waals surface area contributed by atoms with Gasteiger partial charge in [0.25, 0.3) is 0 Å². The van der Waals surface area contributed by atoms with Gasteiger partial charge in [0.2, 0.25) is 12.6 Å². The Morgan fingerprint density at radius 3 is 1.30 bits per heavy atom. The molecule has 6 heteroatoms. The zero-order valence-electron chi connectivity index (χ0n) is 19.2. The topological polar surface area (TPSA) is 93.1 Å². The zero-order valence-corrected chi connectivity index (χ0v) is 19.2. The summed E-state index contributed by atoms with van der Waals surface area (Å²) in [5.41, 5.74) is 4.26. The molecule has 0 amide bonds. The lowest BCUT2D eigenvalue weighted by molar-refractivity contribution is -0.168. The summed E-state index contributed by atoms with van der Waals surface area (Å²) in [6, 6.07) is 0. The van der Waals surface area contributed by atoms with Crippen molar-refractivity contribution < 1.29 is 29.3 Å². The van der Waals surface area contributed by atoms with E-state index < -0.39 is 24.5 Å². The second-order valence-corrected chi connectivity index (χ2v) is 7.93. The van der Waals surface area contributed by atoms with Gasteiger partial charge in [-0.3, -0.25) is 9.59 Å². The number of esters is 2. The number of aliphatic hydroxyl groups excluding tert-OH is 2. The minimum absolute atomic E-state index is 0.240.